The van der Waals surface area contributed by atoms with Crippen LogP contribution in [0.2, 0.25) is 0 Å². The maximum Gasteiger partial charge on any atom is 0.167 e. The number of nitrogens with zero attached hydrogens (tertiary/aromatic N) is 3. The summed E-state index contributed by atoms with van der Waals surface area (Å²) in [6.45, 7) is 2.43. The van der Waals surface area contributed by atoms with E-state index in [1.807, 2.05) is 31.2 Å². The zero-order valence-corrected chi connectivity index (χ0v) is 17.7. The highest BCUT2D eigenvalue weighted by Gasteiger charge is 2.19. The largest absolute Gasteiger partial charge is 0.504 e. The van der Waals surface area contributed by atoms with Crippen molar-refractivity contribution < 1.29 is 19.7 Å². The first kappa shape index (κ1) is 20.4. The van der Waals surface area contributed by atoms with Crippen molar-refractivity contribution in [2.24, 2.45) is 5.10 Å². The first-order chi connectivity index (χ1) is 15.1. The number of nitrogens with one attached hydrogen (secondary N) is 1. The molecule has 0 aliphatic heterocycles. The summed E-state index contributed by atoms with van der Waals surface area (Å²) in [5.74, 6) is 1.64. The average molecular weight is 436 g/mol. The van der Waals surface area contributed by atoms with Gasteiger partial charge in [-0.2, -0.15) is 5.10 Å². The lowest BCUT2D eigenvalue weighted by Gasteiger charge is -2.08. The van der Waals surface area contributed by atoms with E-state index >= 15 is 0 Å². The average Bonchev–Trinajstić information content (AvgIpc) is 3.13. The zero-order chi connectivity index (χ0) is 21.8. The van der Waals surface area contributed by atoms with Gasteiger partial charge in [-0.1, -0.05) is 12.1 Å². The molecule has 0 saturated heterocycles. The molecule has 4 aromatic rings. The molecule has 8 nitrogen and oxygen atoms in total. The number of hydrogen-bond acceptors (Lipinski definition) is 9. The number of phenolic OH excluding ortho intramolecular Hbond substituents is 1. The molecule has 0 atom stereocenters. The maximum atomic E-state index is 10.8. The Labute approximate surface area is 182 Å². The number of anilines is 1. The highest BCUT2D eigenvalue weighted by Crippen LogP contribution is 2.47. The molecular weight excluding hydrogens is 416 g/mol. The second kappa shape index (κ2) is 8.88. The van der Waals surface area contributed by atoms with E-state index in [1.54, 1.807) is 18.3 Å². The van der Waals surface area contributed by atoms with Crippen LogP contribution in [0.3, 0.4) is 0 Å². The highest BCUT2D eigenvalue weighted by atomic mass is 32.1. The van der Waals surface area contributed by atoms with Crippen molar-refractivity contribution in [1.82, 2.24) is 9.97 Å². The third kappa shape index (κ3) is 4.08. The van der Waals surface area contributed by atoms with Crippen LogP contribution in [0.15, 0.2) is 53.9 Å². The Balaban J connectivity index is 1.67. The summed E-state index contributed by atoms with van der Waals surface area (Å²) in [7, 11) is 1.48. The fourth-order valence-corrected chi connectivity index (χ4v) is 4.15. The second-order valence-corrected chi connectivity index (χ2v) is 7.43. The van der Waals surface area contributed by atoms with Gasteiger partial charge in [0.25, 0.3) is 0 Å². The van der Waals surface area contributed by atoms with Crippen molar-refractivity contribution in [2.45, 2.75) is 6.92 Å². The van der Waals surface area contributed by atoms with E-state index in [1.165, 1.54) is 30.8 Å². The minimum Gasteiger partial charge on any atom is -0.504 e. The molecule has 0 saturated carbocycles. The number of aromatic hydroxyl groups is 2. The summed E-state index contributed by atoms with van der Waals surface area (Å²) in [6.07, 6.45) is 2.95. The zero-order valence-electron chi connectivity index (χ0n) is 16.9. The molecule has 2 aromatic heterocycles. The van der Waals surface area contributed by atoms with Gasteiger partial charge in [-0.15, -0.1) is 11.3 Å². The molecule has 0 unspecified atom stereocenters. The van der Waals surface area contributed by atoms with E-state index in [-0.39, 0.29) is 11.5 Å². The molecule has 31 heavy (non-hydrogen) atoms. The molecule has 0 aliphatic rings. The number of thiophene rings is 1. The monoisotopic (exact) mass is 436 g/mol. The molecule has 158 valence electrons. The van der Waals surface area contributed by atoms with Gasteiger partial charge in [-0.05, 0) is 42.8 Å². The summed E-state index contributed by atoms with van der Waals surface area (Å²) in [5, 5.41) is 24.7. The third-order valence-electron chi connectivity index (χ3n) is 4.47. The number of ether oxygens (including phenoxy) is 2. The molecule has 0 bridgehead atoms. The molecule has 0 fully saturated rings. The smallest absolute Gasteiger partial charge is 0.167 e. The fraction of sp³-hybridized carbons (Fsp3) is 0.136. The lowest BCUT2D eigenvalue weighted by atomic mass is 10.1. The molecule has 2 heterocycles. The van der Waals surface area contributed by atoms with E-state index in [0.29, 0.717) is 39.0 Å². The molecule has 2 aromatic carbocycles. The summed E-state index contributed by atoms with van der Waals surface area (Å²) >= 11 is 1.35. The highest BCUT2D eigenvalue weighted by molar-refractivity contribution is 7.23. The summed E-state index contributed by atoms with van der Waals surface area (Å²) in [5.41, 5.74) is 4.86. The van der Waals surface area contributed by atoms with E-state index in [4.69, 9.17) is 9.47 Å². The molecule has 0 radical (unpaired) electrons. The number of benzene rings is 2. The Morgan fingerprint density at radius 2 is 1.97 bits per heavy atom. The molecular formula is C22H20N4O4S. The van der Waals surface area contributed by atoms with Gasteiger partial charge in [-0.3, -0.25) is 5.43 Å². The number of methoxy groups -OCH3 is 1. The van der Waals surface area contributed by atoms with Gasteiger partial charge in [0.05, 0.1) is 24.8 Å². The van der Waals surface area contributed by atoms with Gasteiger partial charge < -0.3 is 19.7 Å². The van der Waals surface area contributed by atoms with Crippen molar-refractivity contribution in [2.75, 3.05) is 19.1 Å². The predicted molar refractivity (Wildman–Crippen MR) is 122 cm³/mol. The van der Waals surface area contributed by atoms with Crippen LogP contribution in [-0.4, -0.2) is 40.1 Å². The van der Waals surface area contributed by atoms with Crippen LogP contribution >= 0.6 is 11.3 Å². The summed E-state index contributed by atoms with van der Waals surface area (Å²) in [6, 6.07) is 12.4. The van der Waals surface area contributed by atoms with Crippen LogP contribution in [0.5, 0.6) is 23.0 Å². The quantitative estimate of drug-likeness (QED) is 0.286. The molecule has 3 N–H and O–H groups in total. The lowest BCUT2D eigenvalue weighted by Crippen LogP contribution is -1.94. The molecule has 0 spiro atoms. The lowest BCUT2D eigenvalue weighted by molar-refractivity contribution is 0.341. The van der Waals surface area contributed by atoms with Crippen LogP contribution in [0, 0.1) is 0 Å². The number of aromatic nitrogens is 2. The number of rotatable bonds is 7. The van der Waals surface area contributed by atoms with Crippen molar-refractivity contribution in [3.8, 4) is 33.4 Å². The minimum absolute atomic E-state index is 0.0547. The third-order valence-corrected chi connectivity index (χ3v) is 5.67. The van der Waals surface area contributed by atoms with E-state index in [2.05, 4.69) is 20.5 Å². The Morgan fingerprint density at radius 3 is 2.77 bits per heavy atom. The van der Waals surface area contributed by atoms with Gasteiger partial charge in [0.1, 0.15) is 22.3 Å². The second-order valence-electron chi connectivity index (χ2n) is 6.41. The minimum atomic E-state index is 0.0547. The molecule has 0 amide bonds. The van der Waals surface area contributed by atoms with Crippen molar-refractivity contribution in [3.63, 3.8) is 0 Å². The standard InChI is InChI=1S/C22H20N4O4S/c1-3-30-16-7-5-4-6-14(16)20-19(28)18-21(31-20)22(24-12-23-18)26-25-11-13-8-9-15(27)17(10-13)29-2/h4-12,27-28H,3H2,1-2H3,(H,23,24,26). The van der Waals surface area contributed by atoms with Crippen LogP contribution < -0.4 is 14.9 Å². The Kier molecular flexibility index (Phi) is 5.85. The fourth-order valence-electron chi connectivity index (χ4n) is 3.04. The van der Waals surface area contributed by atoms with E-state index in [0.717, 1.165) is 11.1 Å². The first-order valence-electron chi connectivity index (χ1n) is 9.47. The van der Waals surface area contributed by atoms with Crippen molar-refractivity contribution in [3.05, 3.63) is 54.4 Å². The number of phenols is 1. The van der Waals surface area contributed by atoms with Crippen LogP contribution in [0.25, 0.3) is 20.7 Å². The first-order valence-corrected chi connectivity index (χ1v) is 10.3. The normalized spacial score (nSPS) is 11.2. The predicted octanol–water partition coefficient (Wildman–Crippen LogP) is 4.62. The molecule has 0 aliphatic carbocycles. The molecule has 9 heteroatoms. The van der Waals surface area contributed by atoms with Gasteiger partial charge in [0.15, 0.2) is 23.1 Å². The van der Waals surface area contributed by atoms with Crippen molar-refractivity contribution >= 4 is 33.6 Å². The van der Waals surface area contributed by atoms with Crippen molar-refractivity contribution in [1.29, 1.82) is 0 Å². The van der Waals surface area contributed by atoms with Crippen LogP contribution in [-0.2, 0) is 0 Å². The van der Waals surface area contributed by atoms with Crippen LogP contribution in [0.4, 0.5) is 5.82 Å². The summed E-state index contributed by atoms with van der Waals surface area (Å²) < 4.78 is 11.5. The Hall–Kier alpha value is -3.85. The Morgan fingerprint density at radius 1 is 1.13 bits per heavy atom. The van der Waals surface area contributed by atoms with Gasteiger partial charge in [-0.25, -0.2) is 9.97 Å². The van der Waals surface area contributed by atoms with Gasteiger partial charge in [0, 0.05) is 5.56 Å². The molecule has 4 rings (SSSR count). The van der Waals surface area contributed by atoms with Crippen LogP contribution in [0.1, 0.15) is 12.5 Å². The summed E-state index contributed by atoms with van der Waals surface area (Å²) in [4.78, 5) is 9.14. The number of hydrazone groups is 1. The topological polar surface area (TPSA) is 109 Å². The van der Waals surface area contributed by atoms with Gasteiger partial charge in [0.2, 0.25) is 0 Å². The number of hydrogen-bond donors (Lipinski definition) is 3. The SMILES string of the molecule is CCOc1ccccc1-c1sc2c(NN=Cc3ccc(O)c(OC)c3)ncnc2c1O. The number of para-hydroxylation sites is 1. The van der Waals surface area contributed by atoms with E-state index in [9.17, 15) is 10.2 Å². The number of fused-ring (bicyclic) bond motifs is 1. The van der Waals surface area contributed by atoms with E-state index < -0.39 is 0 Å². The maximum absolute atomic E-state index is 10.8. The Bertz CT molecular complexity index is 1260. The van der Waals surface area contributed by atoms with Gasteiger partial charge >= 0.3 is 0 Å².